The molecule has 0 aromatic heterocycles. The van der Waals surface area contributed by atoms with E-state index in [0.29, 0.717) is 35.9 Å². The van der Waals surface area contributed by atoms with Gasteiger partial charge in [-0.1, -0.05) is 30.3 Å². The average Bonchev–Trinajstić information content (AvgIpc) is 3.26. The minimum Gasteiger partial charge on any atom is -0.493 e. The van der Waals surface area contributed by atoms with Crippen LogP contribution < -0.4 is 14.8 Å². The molecule has 6 heteroatoms. The zero-order valence-electron chi connectivity index (χ0n) is 18.0. The van der Waals surface area contributed by atoms with Crippen LogP contribution in [0.15, 0.2) is 59.8 Å². The summed E-state index contributed by atoms with van der Waals surface area (Å²) in [4.78, 5) is 15.3. The quantitative estimate of drug-likeness (QED) is 0.700. The van der Waals surface area contributed by atoms with Gasteiger partial charge < -0.3 is 24.8 Å². The summed E-state index contributed by atoms with van der Waals surface area (Å²) in [5.41, 5.74) is 5.43. The molecular weight excluding hydrogens is 392 g/mol. The van der Waals surface area contributed by atoms with Crippen molar-refractivity contribution >= 4 is 11.6 Å². The summed E-state index contributed by atoms with van der Waals surface area (Å²) in [7, 11) is 3.37. The van der Waals surface area contributed by atoms with Crippen molar-refractivity contribution in [1.29, 1.82) is 0 Å². The number of benzene rings is 2. The summed E-state index contributed by atoms with van der Waals surface area (Å²) in [5.74, 6) is 1.02. The first-order chi connectivity index (χ1) is 15.1. The van der Waals surface area contributed by atoms with Gasteiger partial charge in [-0.25, -0.2) is 0 Å². The fourth-order valence-electron chi connectivity index (χ4n) is 4.15. The lowest BCUT2D eigenvalue weighted by Gasteiger charge is -2.22. The smallest absolute Gasteiger partial charge is 0.260 e. The molecule has 162 valence electrons. The molecule has 0 fully saturated rings. The van der Waals surface area contributed by atoms with Crippen molar-refractivity contribution in [3.63, 3.8) is 0 Å². The predicted molar refractivity (Wildman–Crippen MR) is 120 cm³/mol. The van der Waals surface area contributed by atoms with Crippen LogP contribution in [0.25, 0.3) is 0 Å². The molecule has 6 nitrogen and oxygen atoms in total. The van der Waals surface area contributed by atoms with Crippen LogP contribution in [-0.2, 0) is 13.2 Å². The van der Waals surface area contributed by atoms with E-state index in [2.05, 4.69) is 17.5 Å². The van der Waals surface area contributed by atoms with Gasteiger partial charge in [0.15, 0.2) is 11.5 Å². The maximum Gasteiger partial charge on any atom is 0.260 e. The number of nitrogens with zero attached hydrogens (tertiary/aromatic N) is 1. The average molecular weight is 421 g/mol. The second-order valence-corrected chi connectivity index (χ2v) is 7.70. The third kappa shape index (κ3) is 4.30. The summed E-state index contributed by atoms with van der Waals surface area (Å²) in [6, 6.07) is 11.2. The highest BCUT2D eigenvalue weighted by Crippen LogP contribution is 2.37. The van der Waals surface area contributed by atoms with E-state index in [1.54, 1.807) is 20.2 Å². The lowest BCUT2D eigenvalue weighted by Crippen LogP contribution is -2.28. The molecule has 4 rings (SSSR count). The largest absolute Gasteiger partial charge is 0.493 e. The van der Waals surface area contributed by atoms with Gasteiger partial charge >= 0.3 is 0 Å². The van der Waals surface area contributed by atoms with Gasteiger partial charge in [-0.15, -0.1) is 0 Å². The second kappa shape index (κ2) is 9.27. The molecule has 1 aliphatic carbocycles. The van der Waals surface area contributed by atoms with Crippen molar-refractivity contribution in [3.8, 4) is 11.5 Å². The Balaban J connectivity index is 1.59. The van der Waals surface area contributed by atoms with E-state index in [1.807, 2.05) is 35.2 Å². The third-order valence-electron chi connectivity index (χ3n) is 5.80. The van der Waals surface area contributed by atoms with Crippen LogP contribution in [-0.4, -0.2) is 36.6 Å². The number of amides is 1. The number of nitrogens with one attached hydrogen (secondary N) is 1. The molecule has 31 heavy (non-hydrogen) atoms. The van der Waals surface area contributed by atoms with E-state index in [9.17, 15) is 9.90 Å². The van der Waals surface area contributed by atoms with Gasteiger partial charge in [-0.3, -0.25) is 4.79 Å². The first kappa shape index (κ1) is 21.0. The van der Waals surface area contributed by atoms with Crippen LogP contribution in [0.5, 0.6) is 11.5 Å². The highest BCUT2D eigenvalue weighted by molar-refractivity contribution is 6.02. The standard InChI is InChI=1S/C25H28N2O4/c1-26-21-14-24(31-16-18-7-5-6-17(12-18)15-28)23(30-2)13-20(21)25(29)27-11-10-19-8-3-4-9-22(19)27/h4-7,9,12-14,26,28H,3,8,10-11,15-16H2,1-2H3. The number of carbonyl (C=O) groups excluding carboxylic acids is 1. The first-order valence-corrected chi connectivity index (χ1v) is 10.6. The maximum atomic E-state index is 13.4. The van der Waals surface area contributed by atoms with E-state index in [0.717, 1.165) is 36.1 Å². The predicted octanol–water partition coefficient (Wildman–Crippen LogP) is 4.26. The van der Waals surface area contributed by atoms with Crippen LogP contribution >= 0.6 is 0 Å². The van der Waals surface area contributed by atoms with Crippen LogP contribution in [0.3, 0.4) is 0 Å². The first-order valence-electron chi connectivity index (χ1n) is 10.6. The fourth-order valence-corrected chi connectivity index (χ4v) is 4.15. The molecule has 0 spiro atoms. The Morgan fingerprint density at radius 1 is 1.16 bits per heavy atom. The molecule has 2 aromatic rings. The van der Waals surface area contributed by atoms with Gasteiger partial charge in [-0.05, 0) is 48.1 Å². The summed E-state index contributed by atoms with van der Waals surface area (Å²) < 4.78 is 11.6. The zero-order chi connectivity index (χ0) is 21.8. The monoisotopic (exact) mass is 420 g/mol. The SMILES string of the molecule is CNc1cc(OCc2cccc(CO)c2)c(OC)cc1C(=O)N1CCC2=C1C=CCC2. The Morgan fingerprint density at radius 2 is 2.00 bits per heavy atom. The van der Waals surface area contributed by atoms with Crippen molar-refractivity contribution in [2.75, 3.05) is 26.0 Å². The Labute approximate surface area is 182 Å². The normalized spacial score (nSPS) is 15.1. The molecule has 2 aromatic carbocycles. The van der Waals surface area contributed by atoms with Crippen molar-refractivity contribution in [1.82, 2.24) is 4.90 Å². The van der Waals surface area contributed by atoms with Crippen LogP contribution in [0.1, 0.15) is 40.7 Å². The van der Waals surface area contributed by atoms with Gasteiger partial charge in [0.1, 0.15) is 6.61 Å². The lowest BCUT2D eigenvalue weighted by atomic mass is 10.0. The van der Waals surface area contributed by atoms with Crippen LogP contribution in [0, 0.1) is 0 Å². The van der Waals surface area contributed by atoms with Crippen LogP contribution in [0.4, 0.5) is 5.69 Å². The molecule has 2 aliphatic rings. The summed E-state index contributed by atoms with van der Waals surface area (Å²) in [6.07, 6.45) is 7.21. The molecule has 2 N–H and O–H groups in total. The Bertz CT molecular complexity index is 1040. The topological polar surface area (TPSA) is 71.0 Å². The molecule has 0 saturated carbocycles. The number of rotatable bonds is 7. The van der Waals surface area contributed by atoms with Crippen molar-refractivity contribution in [2.24, 2.45) is 0 Å². The number of ether oxygens (including phenoxy) is 2. The summed E-state index contributed by atoms with van der Waals surface area (Å²) in [6.45, 7) is 1.02. The zero-order valence-corrected chi connectivity index (χ0v) is 18.0. The number of hydrogen-bond acceptors (Lipinski definition) is 5. The molecule has 0 saturated heterocycles. The molecular formula is C25H28N2O4. The Kier molecular flexibility index (Phi) is 6.28. The minimum atomic E-state index is -0.0404. The van der Waals surface area contributed by atoms with Gasteiger partial charge in [0.2, 0.25) is 0 Å². The highest BCUT2D eigenvalue weighted by atomic mass is 16.5. The summed E-state index contributed by atoms with van der Waals surface area (Å²) in [5, 5.41) is 12.5. The van der Waals surface area contributed by atoms with Crippen molar-refractivity contribution < 1.29 is 19.4 Å². The number of anilines is 1. The Morgan fingerprint density at radius 3 is 2.77 bits per heavy atom. The molecule has 0 bridgehead atoms. The van der Waals surface area contributed by atoms with E-state index >= 15 is 0 Å². The highest BCUT2D eigenvalue weighted by Gasteiger charge is 2.29. The molecule has 0 radical (unpaired) electrons. The minimum absolute atomic E-state index is 0.0122. The third-order valence-corrected chi connectivity index (χ3v) is 5.80. The molecule has 0 atom stereocenters. The van der Waals surface area contributed by atoms with Gasteiger partial charge in [0.25, 0.3) is 5.91 Å². The molecule has 0 unspecified atom stereocenters. The molecule has 1 amide bonds. The van der Waals surface area contributed by atoms with Gasteiger partial charge in [0.05, 0.1) is 25.0 Å². The second-order valence-electron chi connectivity index (χ2n) is 7.70. The number of methoxy groups -OCH3 is 1. The van der Waals surface area contributed by atoms with Crippen molar-refractivity contribution in [3.05, 3.63) is 76.5 Å². The Hall–Kier alpha value is -3.25. The van der Waals surface area contributed by atoms with Gasteiger partial charge in [0, 0.05) is 25.4 Å². The molecule has 1 aliphatic heterocycles. The fraction of sp³-hybridized carbons (Fsp3) is 0.320. The van der Waals surface area contributed by atoms with E-state index in [-0.39, 0.29) is 12.5 Å². The van der Waals surface area contributed by atoms with Crippen LogP contribution in [0.2, 0.25) is 0 Å². The number of aliphatic hydroxyl groups is 1. The van der Waals surface area contributed by atoms with Crippen molar-refractivity contribution in [2.45, 2.75) is 32.5 Å². The number of carbonyl (C=O) groups is 1. The van der Waals surface area contributed by atoms with Gasteiger partial charge in [-0.2, -0.15) is 0 Å². The summed E-state index contributed by atoms with van der Waals surface area (Å²) >= 11 is 0. The van der Waals surface area contributed by atoms with E-state index in [4.69, 9.17) is 9.47 Å². The number of allylic oxidation sites excluding steroid dienone is 2. The lowest BCUT2D eigenvalue weighted by molar-refractivity contribution is 0.0823. The number of aliphatic hydroxyl groups excluding tert-OH is 1. The molecule has 1 heterocycles. The maximum absolute atomic E-state index is 13.4. The number of hydrogen-bond donors (Lipinski definition) is 2. The van der Waals surface area contributed by atoms with E-state index < -0.39 is 0 Å². The van der Waals surface area contributed by atoms with E-state index in [1.165, 1.54) is 5.57 Å².